The maximum atomic E-state index is 11.5. The third-order valence-corrected chi connectivity index (χ3v) is 2.74. The van der Waals surface area contributed by atoms with Crippen LogP contribution >= 0.6 is 15.9 Å². The number of halogens is 1. The average molecular weight is 265 g/mol. The van der Waals surface area contributed by atoms with E-state index >= 15 is 0 Å². The van der Waals surface area contributed by atoms with Gasteiger partial charge in [0.25, 0.3) is 0 Å². The fraction of sp³-hybridized carbons (Fsp3) is 0.182. The van der Waals surface area contributed by atoms with Crippen molar-refractivity contribution in [1.29, 1.82) is 0 Å². The minimum atomic E-state index is 0.0561. The van der Waals surface area contributed by atoms with Crippen LogP contribution in [0.4, 0.5) is 0 Å². The van der Waals surface area contributed by atoms with Crippen molar-refractivity contribution in [2.24, 2.45) is 0 Å². The molecule has 2 rings (SSSR count). The van der Waals surface area contributed by atoms with E-state index in [2.05, 4.69) is 25.9 Å². The van der Waals surface area contributed by atoms with E-state index in [1.807, 2.05) is 13.0 Å². The summed E-state index contributed by atoms with van der Waals surface area (Å²) >= 11 is 3.37. The Morgan fingerprint density at radius 2 is 2.20 bits per heavy atom. The van der Waals surface area contributed by atoms with E-state index in [-0.39, 0.29) is 5.78 Å². The minimum absolute atomic E-state index is 0.0561. The summed E-state index contributed by atoms with van der Waals surface area (Å²) in [4.78, 5) is 19.8. The van der Waals surface area contributed by atoms with Crippen LogP contribution in [0.5, 0.6) is 0 Å². The van der Waals surface area contributed by atoms with Crippen molar-refractivity contribution < 1.29 is 4.79 Å². The summed E-state index contributed by atoms with van der Waals surface area (Å²) in [5, 5.41) is 0.928. The standard InChI is InChI=1S/C11H9BrN2O/c1-2-10(15)9-4-3-7-5-13-6-8(12)11(7)14-9/h3-6H,2H2,1H3. The number of carbonyl (C=O) groups excluding carboxylic acids is 1. The lowest BCUT2D eigenvalue weighted by Crippen LogP contribution is -2.00. The van der Waals surface area contributed by atoms with Crippen LogP contribution in [0, 0.1) is 0 Å². The van der Waals surface area contributed by atoms with Gasteiger partial charge in [0.1, 0.15) is 5.69 Å². The third-order valence-electron chi connectivity index (χ3n) is 2.16. The Kier molecular flexibility index (Phi) is 2.77. The summed E-state index contributed by atoms with van der Waals surface area (Å²) in [6.45, 7) is 1.83. The molecule has 0 aliphatic carbocycles. The quantitative estimate of drug-likeness (QED) is 0.784. The van der Waals surface area contributed by atoms with Gasteiger partial charge in [0.2, 0.25) is 0 Å². The maximum absolute atomic E-state index is 11.5. The molecule has 0 radical (unpaired) electrons. The van der Waals surface area contributed by atoms with Crippen LogP contribution in [-0.2, 0) is 0 Å². The number of hydrogen-bond acceptors (Lipinski definition) is 3. The first-order chi connectivity index (χ1) is 7.22. The summed E-state index contributed by atoms with van der Waals surface area (Å²) in [5.74, 6) is 0.0561. The molecule has 15 heavy (non-hydrogen) atoms. The second-order valence-electron chi connectivity index (χ2n) is 3.17. The van der Waals surface area contributed by atoms with Crippen LogP contribution in [0.3, 0.4) is 0 Å². The Morgan fingerprint density at radius 1 is 1.40 bits per heavy atom. The van der Waals surface area contributed by atoms with Gasteiger partial charge in [-0.15, -0.1) is 0 Å². The number of hydrogen-bond donors (Lipinski definition) is 0. The number of rotatable bonds is 2. The SMILES string of the molecule is CCC(=O)c1ccc2cncc(Br)c2n1. The van der Waals surface area contributed by atoms with E-state index in [4.69, 9.17) is 0 Å². The molecule has 76 valence electrons. The second-order valence-corrected chi connectivity index (χ2v) is 4.02. The van der Waals surface area contributed by atoms with Gasteiger partial charge >= 0.3 is 0 Å². The van der Waals surface area contributed by atoms with Crippen molar-refractivity contribution in [3.63, 3.8) is 0 Å². The van der Waals surface area contributed by atoms with Crippen molar-refractivity contribution in [2.45, 2.75) is 13.3 Å². The second kappa shape index (κ2) is 4.06. The number of fused-ring (bicyclic) bond motifs is 1. The van der Waals surface area contributed by atoms with E-state index in [1.54, 1.807) is 18.5 Å². The summed E-state index contributed by atoms with van der Waals surface area (Å²) in [5.41, 5.74) is 1.29. The van der Waals surface area contributed by atoms with Gasteiger partial charge in [-0.2, -0.15) is 0 Å². The fourth-order valence-electron chi connectivity index (χ4n) is 1.35. The number of carbonyl (C=O) groups is 1. The van der Waals surface area contributed by atoms with Gasteiger partial charge in [-0.05, 0) is 28.1 Å². The molecule has 0 N–H and O–H groups in total. The van der Waals surface area contributed by atoms with Crippen LogP contribution in [0.1, 0.15) is 23.8 Å². The normalized spacial score (nSPS) is 10.5. The zero-order valence-electron chi connectivity index (χ0n) is 8.20. The van der Waals surface area contributed by atoms with Crippen LogP contribution < -0.4 is 0 Å². The molecule has 2 aromatic rings. The molecule has 0 saturated carbocycles. The van der Waals surface area contributed by atoms with Crippen LogP contribution in [0.25, 0.3) is 10.9 Å². The molecule has 0 saturated heterocycles. The Bertz CT molecular complexity index is 525. The highest BCUT2D eigenvalue weighted by molar-refractivity contribution is 9.10. The Labute approximate surface area is 95.7 Å². The van der Waals surface area contributed by atoms with Crippen molar-refractivity contribution >= 4 is 32.6 Å². The highest BCUT2D eigenvalue weighted by atomic mass is 79.9. The van der Waals surface area contributed by atoms with Gasteiger partial charge in [0.05, 0.1) is 9.99 Å². The predicted molar refractivity (Wildman–Crippen MR) is 61.9 cm³/mol. The topological polar surface area (TPSA) is 42.9 Å². The molecule has 0 amide bonds. The van der Waals surface area contributed by atoms with Gasteiger partial charge in [0, 0.05) is 24.2 Å². The summed E-state index contributed by atoms with van der Waals surface area (Å²) in [7, 11) is 0. The van der Waals surface area contributed by atoms with E-state index in [9.17, 15) is 4.79 Å². The lowest BCUT2D eigenvalue weighted by atomic mass is 10.2. The first-order valence-corrected chi connectivity index (χ1v) is 5.45. The van der Waals surface area contributed by atoms with Gasteiger partial charge in [-0.25, -0.2) is 4.98 Å². The maximum Gasteiger partial charge on any atom is 0.180 e. The van der Waals surface area contributed by atoms with E-state index in [0.29, 0.717) is 12.1 Å². The smallest absolute Gasteiger partial charge is 0.180 e. The lowest BCUT2D eigenvalue weighted by Gasteiger charge is -2.01. The zero-order chi connectivity index (χ0) is 10.8. The van der Waals surface area contributed by atoms with Gasteiger partial charge in [-0.1, -0.05) is 6.92 Å². The number of aromatic nitrogens is 2. The molecule has 4 heteroatoms. The van der Waals surface area contributed by atoms with Crippen LogP contribution in [-0.4, -0.2) is 15.8 Å². The zero-order valence-corrected chi connectivity index (χ0v) is 9.78. The van der Waals surface area contributed by atoms with Crippen molar-refractivity contribution in [2.75, 3.05) is 0 Å². The molecule has 3 nitrogen and oxygen atoms in total. The Morgan fingerprint density at radius 3 is 2.93 bits per heavy atom. The number of Topliss-reactive ketones (excluding diaryl/α,β-unsaturated/α-hetero) is 1. The van der Waals surface area contributed by atoms with Gasteiger partial charge in [0.15, 0.2) is 5.78 Å². The first kappa shape index (κ1) is 10.2. The van der Waals surface area contributed by atoms with Crippen molar-refractivity contribution in [3.8, 4) is 0 Å². The molecule has 0 atom stereocenters. The first-order valence-electron chi connectivity index (χ1n) is 4.66. The highest BCUT2D eigenvalue weighted by Crippen LogP contribution is 2.20. The monoisotopic (exact) mass is 264 g/mol. The molecule has 0 bridgehead atoms. The third kappa shape index (κ3) is 1.90. The van der Waals surface area contributed by atoms with E-state index < -0.39 is 0 Å². The summed E-state index contributed by atoms with van der Waals surface area (Å²) < 4.78 is 0.811. The van der Waals surface area contributed by atoms with E-state index in [0.717, 1.165) is 15.4 Å². The molecule has 0 aliphatic rings. The number of ketones is 1. The van der Waals surface area contributed by atoms with Crippen molar-refractivity contribution in [3.05, 3.63) is 34.7 Å². The molecular formula is C11H9BrN2O. The Balaban J connectivity index is 2.64. The molecule has 0 unspecified atom stereocenters. The van der Waals surface area contributed by atoms with Gasteiger partial charge in [-0.3, -0.25) is 9.78 Å². The Hall–Kier alpha value is -1.29. The lowest BCUT2D eigenvalue weighted by molar-refractivity contribution is 0.0984. The molecule has 0 spiro atoms. The average Bonchev–Trinajstić information content (AvgIpc) is 2.28. The molecule has 2 aromatic heterocycles. The predicted octanol–water partition coefficient (Wildman–Crippen LogP) is 2.99. The molecule has 2 heterocycles. The number of pyridine rings is 2. The summed E-state index contributed by atoms with van der Waals surface area (Å²) in [6.07, 6.45) is 3.88. The van der Waals surface area contributed by atoms with E-state index in [1.165, 1.54) is 0 Å². The highest BCUT2D eigenvalue weighted by Gasteiger charge is 2.07. The van der Waals surface area contributed by atoms with Crippen molar-refractivity contribution in [1.82, 2.24) is 9.97 Å². The van der Waals surface area contributed by atoms with Crippen LogP contribution in [0.2, 0.25) is 0 Å². The molecule has 0 aliphatic heterocycles. The van der Waals surface area contributed by atoms with Gasteiger partial charge < -0.3 is 0 Å². The van der Waals surface area contributed by atoms with Crippen LogP contribution in [0.15, 0.2) is 29.0 Å². The largest absolute Gasteiger partial charge is 0.292 e. The molecule has 0 fully saturated rings. The molecule has 0 aromatic carbocycles. The number of nitrogens with zero attached hydrogens (tertiary/aromatic N) is 2. The minimum Gasteiger partial charge on any atom is -0.292 e. The fourth-order valence-corrected chi connectivity index (χ4v) is 1.78. The molecular weight excluding hydrogens is 256 g/mol. The summed E-state index contributed by atoms with van der Waals surface area (Å²) in [6, 6.07) is 3.60.